The number of halogens is 2. The Morgan fingerprint density at radius 1 is 0.614 bits per heavy atom. The average Bonchev–Trinajstić information content (AvgIpc) is 3.02. The number of benzene rings is 4. The van der Waals surface area contributed by atoms with Gasteiger partial charge in [0.1, 0.15) is 0 Å². The molecular weight excluding hydrogens is 595 g/mol. The van der Waals surface area contributed by atoms with Crippen LogP contribution < -0.4 is 21.7 Å². The number of rotatable bonds is 16. The number of carbonyl (C=O) groups excluding carboxylic acids is 1. The Morgan fingerprint density at radius 2 is 1.07 bits per heavy atom. The van der Waals surface area contributed by atoms with Crippen LogP contribution in [-0.4, -0.2) is 61.6 Å². The van der Waals surface area contributed by atoms with E-state index in [0.29, 0.717) is 6.42 Å². The lowest BCUT2D eigenvalue weighted by molar-refractivity contribution is -0.136. The van der Waals surface area contributed by atoms with Gasteiger partial charge in [0.25, 0.3) is 0 Å². The molecule has 0 unspecified atom stereocenters. The van der Waals surface area contributed by atoms with Gasteiger partial charge in [-0.3, -0.25) is 9.59 Å². The van der Waals surface area contributed by atoms with E-state index in [0.717, 1.165) is 79.4 Å². The quantitative estimate of drug-likeness (QED) is 0.0748. The fourth-order valence-corrected chi connectivity index (χ4v) is 4.71. The van der Waals surface area contributed by atoms with Crippen molar-refractivity contribution in [2.75, 3.05) is 44.6 Å². The minimum absolute atomic E-state index is 0.0847. The molecule has 6 N–H and O–H groups in total. The molecule has 0 fully saturated rings. The Morgan fingerprint density at radius 3 is 1.59 bits per heavy atom. The van der Waals surface area contributed by atoms with Crippen molar-refractivity contribution in [2.45, 2.75) is 38.5 Å². The third kappa shape index (κ3) is 15.0. The number of carbonyl (C=O) groups is 2. The Hall–Kier alpha value is -3.20. The summed E-state index contributed by atoms with van der Waals surface area (Å²) in [6.45, 7) is 5.52. The van der Waals surface area contributed by atoms with E-state index in [-0.39, 0.29) is 17.7 Å². The van der Waals surface area contributed by atoms with Crippen LogP contribution in [0.4, 0.5) is 0 Å². The summed E-state index contributed by atoms with van der Waals surface area (Å²) in [6.07, 6.45) is 4.87. The van der Waals surface area contributed by atoms with E-state index in [1.54, 1.807) is 0 Å². The first kappa shape index (κ1) is 37.0. The number of carboxylic acids is 1. The molecular formula is C35H46Cl2N4O3. The van der Waals surface area contributed by atoms with E-state index in [9.17, 15) is 9.59 Å². The van der Waals surface area contributed by atoms with Gasteiger partial charge in [0.05, 0.1) is 18.2 Å². The molecule has 238 valence electrons. The van der Waals surface area contributed by atoms with E-state index in [1.807, 2.05) is 66.7 Å². The maximum Gasteiger partial charge on any atom is 0.307 e. The minimum Gasteiger partial charge on any atom is -0.481 e. The molecule has 0 heterocycles. The largest absolute Gasteiger partial charge is 0.481 e. The van der Waals surface area contributed by atoms with Gasteiger partial charge in [-0.1, -0.05) is 84.9 Å². The van der Waals surface area contributed by atoms with Crippen LogP contribution in [0.15, 0.2) is 84.9 Å². The Labute approximate surface area is 271 Å². The molecule has 4 rings (SSSR count). The molecule has 4 aromatic carbocycles. The van der Waals surface area contributed by atoms with Crippen LogP contribution in [0.5, 0.6) is 0 Å². The second kappa shape index (κ2) is 23.2. The van der Waals surface area contributed by atoms with Crippen molar-refractivity contribution in [1.29, 1.82) is 0 Å². The van der Waals surface area contributed by atoms with Crippen molar-refractivity contribution >= 4 is 56.6 Å². The first-order valence-electron chi connectivity index (χ1n) is 15.1. The van der Waals surface area contributed by atoms with Crippen molar-refractivity contribution in [3.05, 3.63) is 96.1 Å². The highest BCUT2D eigenvalue weighted by molar-refractivity contribution is 6.40. The summed E-state index contributed by atoms with van der Waals surface area (Å²) in [4.78, 5) is 22.8. The first-order valence-corrected chi connectivity index (χ1v) is 16.2. The predicted molar refractivity (Wildman–Crippen MR) is 186 cm³/mol. The molecule has 0 aliphatic carbocycles. The van der Waals surface area contributed by atoms with E-state index in [4.69, 9.17) is 34.0 Å². The number of aliphatic carboxylic acids is 1. The molecule has 4 aromatic rings. The van der Waals surface area contributed by atoms with Crippen molar-refractivity contribution in [3.8, 4) is 0 Å². The van der Waals surface area contributed by atoms with Crippen LogP contribution >= 0.6 is 23.2 Å². The van der Waals surface area contributed by atoms with Crippen LogP contribution in [0.25, 0.3) is 21.5 Å². The van der Waals surface area contributed by atoms with Gasteiger partial charge in [-0.15, -0.1) is 23.2 Å². The molecule has 9 heteroatoms. The lowest BCUT2D eigenvalue weighted by Gasteiger charge is -2.09. The molecule has 0 aliphatic rings. The normalized spacial score (nSPS) is 10.4. The van der Waals surface area contributed by atoms with Crippen LogP contribution in [0.2, 0.25) is 0 Å². The van der Waals surface area contributed by atoms with Crippen molar-refractivity contribution in [3.63, 3.8) is 0 Å². The van der Waals surface area contributed by atoms with Crippen molar-refractivity contribution in [1.82, 2.24) is 16.0 Å². The number of carboxylic acid groups (broad SMARTS) is 1. The van der Waals surface area contributed by atoms with Gasteiger partial charge >= 0.3 is 5.97 Å². The monoisotopic (exact) mass is 640 g/mol. The van der Waals surface area contributed by atoms with Gasteiger partial charge in [-0.25, -0.2) is 0 Å². The third-order valence-electron chi connectivity index (χ3n) is 6.82. The standard InChI is InChI=1S/C22H34N4O.C12H10O2.CH2Cl2/c23-12-6-15-24-13-3-4-14-25-16-7-17-26-22(27)18-20-10-5-9-19-8-1-2-11-21(19)20;13-12(14)8-10-6-3-5-9-4-1-2-7-11(9)10;2-1-3/h1-2,5,8-11,24-25H,3-4,6-7,12-18,23H2,(H,26,27);1-7H,8H2,(H,13,14);1H2. The molecule has 7 nitrogen and oxygen atoms in total. The number of alkyl halides is 2. The molecule has 0 saturated heterocycles. The van der Waals surface area contributed by atoms with Gasteiger partial charge in [0, 0.05) is 6.54 Å². The van der Waals surface area contributed by atoms with Crippen molar-refractivity contribution < 1.29 is 14.7 Å². The molecule has 44 heavy (non-hydrogen) atoms. The minimum atomic E-state index is -0.790. The number of hydrogen-bond acceptors (Lipinski definition) is 5. The summed E-state index contributed by atoms with van der Waals surface area (Å²) in [5, 5.41) is 23.2. The number of nitrogens with one attached hydrogen (secondary N) is 3. The number of hydrogen-bond donors (Lipinski definition) is 5. The maximum atomic E-state index is 12.2. The second-order valence-electron chi connectivity index (χ2n) is 10.2. The molecule has 1 amide bonds. The smallest absolute Gasteiger partial charge is 0.307 e. The fraction of sp³-hybridized carbons (Fsp3) is 0.371. The summed E-state index contributed by atoms with van der Waals surface area (Å²) in [5.41, 5.74) is 7.41. The van der Waals surface area contributed by atoms with Gasteiger partial charge in [0.2, 0.25) is 5.91 Å². The molecule has 0 radical (unpaired) electrons. The topological polar surface area (TPSA) is 116 Å². The number of amides is 1. The Bertz CT molecular complexity index is 1380. The molecule has 0 aromatic heterocycles. The van der Waals surface area contributed by atoms with E-state index < -0.39 is 5.97 Å². The van der Waals surface area contributed by atoms with E-state index >= 15 is 0 Å². The Balaban J connectivity index is 0.000000329. The summed E-state index contributed by atoms with van der Waals surface area (Å²) >= 11 is 9.53. The van der Waals surface area contributed by atoms with Crippen LogP contribution in [0.1, 0.15) is 36.8 Å². The number of fused-ring (bicyclic) bond motifs is 2. The van der Waals surface area contributed by atoms with Gasteiger partial charge in [-0.2, -0.15) is 0 Å². The summed E-state index contributed by atoms with van der Waals surface area (Å²) in [5.74, 6) is -0.698. The van der Waals surface area contributed by atoms with Crippen LogP contribution in [0, 0.1) is 0 Å². The van der Waals surface area contributed by atoms with Gasteiger partial charge in [-0.05, 0) is 91.1 Å². The van der Waals surface area contributed by atoms with Gasteiger partial charge in [0.15, 0.2) is 0 Å². The predicted octanol–water partition coefficient (Wildman–Crippen LogP) is 6.09. The summed E-state index contributed by atoms with van der Waals surface area (Å²) < 4.78 is 0. The lowest BCUT2D eigenvalue weighted by Crippen LogP contribution is -2.29. The van der Waals surface area contributed by atoms with E-state index in [2.05, 4.69) is 34.1 Å². The molecule has 0 aliphatic heterocycles. The SMILES string of the molecule is ClCCl.NCCCNCCCCNCCCNC(=O)Cc1cccc2ccccc12.O=C(O)Cc1cccc2ccccc12. The second-order valence-corrected chi connectivity index (χ2v) is 11.0. The van der Waals surface area contributed by atoms with Crippen LogP contribution in [-0.2, 0) is 22.4 Å². The van der Waals surface area contributed by atoms with Crippen molar-refractivity contribution in [2.24, 2.45) is 5.73 Å². The Kier molecular flexibility index (Phi) is 19.5. The maximum absolute atomic E-state index is 12.2. The number of unbranched alkanes of at least 4 members (excludes halogenated alkanes) is 1. The summed E-state index contributed by atoms with van der Waals surface area (Å²) in [6, 6.07) is 27.9. The number of nitrogens with two attached hydrogens (primary N) is 1. The van der Waals surface area contributed by atoms with E-state index in [1.165, 1.54) is 18.2 Å². The highest BCUT2D eigenvalue weighted by Crippen LogP contribution is 2.19. The third-order valence-corrected chi connectivity index (χ3v) is 6.82. The lowest BCUT2D eigenvalue weighted by atomic mass is 10.0. The highest BCUT2D eigenvalue weighted by atomic mass is 35.5. The fourth-order valence-electron chi connectivity index (χ4n) is 4.71. The zero-order valence-electron chi connectivity index (χ0n) is 25.4. The zero-order chi connectivity index (χ0) is 31.8. The molecule has 0 spiro atoms. The molecule has 0 saturated carbocycles. The first-order chi connectivity index (χ1) is 21.5. The van der Waals surface area contributed by atoms with Gasteiger partial charge < -0.3 is 26.8 Å². The molecule has 0 atom stereocenters. The molecule has 0 bridgehead atoms. The summed E-state index contributed by atoms with van der Waals surface area (Å²) in [7, 11) is 0. The average molecular weight is 642 g/mol. The zero-order valence-corrected chi connectivity index (χ0v) is 26.9. The highest BCUT2D eigenvalue weighted by Gasteiger charge is 2.06. The van der Waals surface area contributed by atoms with Crippen LogP contribution in [0.3, 0.4) is 0 Å².